The van der Waals surface area contributed by atoms with Crippen molar-refractivity contribution in [3.8, 4) is 5.75 Å². The molecule has 2 aromatic rings. The van der Waals surface area contributed by atoms with Gasteiger partial charge in [0.25, 0.3) is 0 Å². The predicted molar refractivity (Wildman–Crippen MR) is 76.5 cm³/mol. The second kappa shape index (κ2) is 5.01. The zero-order chi connectivity index (χ0) is 15.0. The van der Waals surface area contributed by atoms with Gasteiger partial charge in [0.15, 0.2) is 0 Å². The number of H-pyrrole nitrogens is 1. The number of rotatable bonds is 2. The van der Waals surface area contributed by atoms with Gasteiger partial charge in [0.1, 0.15) is 5.75 Å². The lowest BCUT2D eigenvalue weighted by Crippen LogP contribution is -2.36. The molecule has 110 valence electrons. The van der Waals surface area contributed by atoms with Crippen molar-refractivity contribution in [2.24, 2.45) is 0 Å². The number of nitrogens with one attached hydrogen (secondary N) is 1. The summed E-state index contributed by atoms with van der Waals surface area (Å²) in [7, 11) is -3.65. The van der Waals surface area contributed by atoms with Crippen LogP contribution in [0.25, 0.3) is 0 Å². The van der Waals surface area contributed by atoms with E-state index in [-0.39, 0.29) is 22.7 Å². The number of fused-ring (bicyclic) bond motifs is 1. The molecule has 0 spiro atoms. The number of phenolic OH excluding ortho intramolecular Hbond substituents is 1. The van der Waals surface area contributed by atoms with Crippen molar-refractivity contribution in [1.29, 1.82) is 0 Å². The van der Waals surface area contributed by atoms with Crippen molar-refractivity contribution in [2.45, 2.75) is 17.9 Å². The van der Waals surface area contributed by atoms with Crippen LogP contribution >= 0.6 is 0 Å². The van der Waals surface area contributed by atoms with Crippen LogP contribution < -0.4 is 5.56 Å². The molecular weight excluding hydrogens is 292 g/mol. The normalized spacial score (nSPS) is 15.6. The van der Waals surface area contributed by atoms with Gasteiger partial charge in [0.05, 0.1) is 4.90 Å². The molecule has 0 saturated heterocycles. The first kappa shape index (κ1) is 13.8. The maximum atomic E-state index is 12.5. The van der Waals surface area contributed by atoms with Crippen molar-refractivity contribution in [3.05, 3.63) is 58.0 Å². The summed E-state index contributed by atoms with van der Waals surface area (Å²) in [5.41, 5.74) is 1.50. The minimum Gasteiger partial charge on any atom is -0.508 e. The van der Waals surface area contributed by atoms with Gasteiger partial charge in [-0.3, -0.25) is 4.79 Å². The smallest absolute Gasteiger partial charge is 0.247 e. The maximum Gasteiger partial charge on any atom is 0.247 e. The fraction of sp³-hybridized carbons (Fsp3) is 0.214. The molecular formula is C14H14N2O4S. The van der Waals surface area contributed by atoms with E-state index < -0.39 is 10.0 Å². The molecule has 0 bridgehead atoms. The number of hydrogen-bond donors (Lipinski definition) is 2. The molecule has 0 atom stereocenters. The van der Waals surface area contributed by atoms with E-state index in [0.717, 1.165) is 11.1 Å². The second-order valence-corrected chi connectivity index (χ2v) is 6.87. The molecule has 0 unspecified atom stereocenters. The van der Waals surface area contributed by atoms with Crippen LogP contribution in [-0.4, -0.2) is 29.4 Å². The summed E-state index contributed by atoms with van der Waals surface area (Å²) in [6.07, 6.45) is 1.80. The fourth-order valence-corrected chi connectivity index (χ4v) is 3.82. The first-order valence-corrected chi connectivity index (χ1v) is 7.90. The van der Waals surface area contributed by atoms with Crippen molar-refractivity contribution >= 4 is 10.0 Å². The SMILES string of the molecule is O=c1ccc(S(=O)(=O)N2CCc3ccc(O)cc3C2)c[nH]1. The van der Waals surface area contributed by atoms with Gasteiger partial charge in [0, 0.05) is 25.4 Å². The molecule has 1 aliphatic rings. The number of phenols is 1. The standard InChI is InChI=1S/C14H14N2O4S/c17-12-2-1-10-5-6-16(9-11(10)7-12)21(19,20)13-3-4-14(18)15-8-13/h1-4,7-8,17H,5-6,9H2,(H,15,18). The summed E-state index contributed by atoms with van der Waals surface area (Å²) in [6, 6.07) is 7.49. The lowest BCUT2D eigenvalue weighted by molar-refractivity contribution is 0.388. The van der Waals surface area contributed by atoms with Gasteiger partial charge in [-0.1, -0.05) is 6.07 Å². The Morgan fingerprint density at radius 2 is 1.95 bits per heavy atom. The van der Waals surface area contributed by atoms with Crippen LogP contribution in [0.1, 0.15) is 11.1 Å². The maximum absolute atomic E-state index is 12.5. The monoisotopic (exact) mass is 306 g/mol. The van der Waals surface area contributed by atoms with Crippen molar-refractivity contribution in [1.82, 2.24) is 9.29 Å². The molecule has 3 rings (SSSR count). The number of aromatic amines is 1. The third-order valence-corrected chi connectivity index (χ3v) is 5.40. The molecule has 0 radical (unpaired) electrons. The highest BCUT2D eigenvalue weighted by Gasteiger charge is 2.28. The average Bonchev–Trinajstić information content (AvgIpc) is 2.47. The summed E-state index contributed by atoms with van der Waals surface area (Å²) in [5.74, 6) is 0.122. The number of hydrogen-bond acceptors (Lipinski definition) is 4. The van der Waals surface area contributed by atoms with Crippen molar-refractivity contribution in [3.63, 3.8) is 0 Å². The van der Waals surface area contributed by atoms with E-state index in [1.54, 1.807) is 12.1 Å². The predicted octanol–water partition coefficient (Wildman–Crippen LogP) is 0.827. The Labute approximate surface area is 121 Å². The van der Waals surface area contributed by atoms with E-state index >= 15 is 0 Å². The third kappa shape index (κ3) is 2.57. The van der Waals surface area contributed by atoms with Crippen LogP contribution in [0.2, 0.25) is 0 Å². The molecule has 0 amide bonds. The summed E-state index contributed by atoms with van der Waals surface area (Å²) >= 11 is 0. The summed E-state index contributed by atoms with van der Waals surface area (Å²) in [4.78, 5) is 13.5. The highest BCUT2D eigenvalue weighted by molar-refractivity contribution is 7.89. The Hall–Kier alpha value is -2.12. The lowest BCUT2D eigenvalue weighted by Gasteiger charge is -2.28. The molecule has 1 aromatic carbocycles. The van der Waals surface area contributed by atoms with Gasteiger partial charge in [-0.2, -0.15) is 4.31 Å². The highest BCUT2D eigenvalue weighted by atomic mass is 32.2. The Bertz CT molecular complexity index is 822. The molecule has 21 heavy (non-hydrogen) atoms. The van der Waals surface area contributed by atoms with Crippen molar-refractivity contribution in [2.75, 3.05) is 6.54 Å². The number of benzene rings is 1. The van der Waals surface area contributed by atoms with E-state index in [1.807, 2.05) is 6.07 Å². The van der Waals surface area contributed by atoms with Crippen LogP contribution in [0, 0.1) is 0 Å². The summed E-state index contributed by atoms with van der Waals surface area (Å²) < 4.78 is 26.4. The molecule has 1 aliphatic heterocycles. The van der Waals surface area contributed by atoms with Gasteiger partial charge in [0.2, 0.25) is 15.6 Å². The minimum absolute atomic E-state index is 0.0608. The Kier molecular flexibility index (Phi) is 3.30. The number of pyridine rings is 1. The lowest BCUT2D eigenvalue weighted by atomic mass is 10.0. The second-order valence-electron chi connectivity index (χ2n) is 4.93. The zero-order valence-corrected chi connectivity index (χ0v) is 11.9. The molecule has 7 heteroatoms. The van der Waals surface area contributed by atoms with Crippen LogP contribution in [0.5, 0.6) is 5.75 Å². The first-order chi connectivity index (χ1) is 9.96. The fourth-order valence-electron chi connectivity index (χ4n) is 2.43. The first-order valence-electron chi connectivity index (χ1n) is 6.46. The molecule has 1 aromatic heterocycles. The van der Waals surface area contributed by atoms with Crippen molar-refractivity contribution < 1.29 is 13.5 Å². The van der Waals surface area contributed by atoms with Gasteiger partial charge in [-0.15, -0.1) is 0 Å². The quantitative estimate of drug-likeness (QED) is 0.860. The summed E-state index contributed by atoms with van der Waals surface area (Å²) in [5, 5.41) is 9.52. The van der Waals surface area contributed by atoms with Gasteiger partial charge in [-0.25, -0.2) is 8.42 Å². The number of aromatic nitrogens is 1. The van der Waals surface area contributed by atoms with Gasteiger partial charge < -0.3 is 10.1 Å². The molecule has 6 nitrogen and oxygen atoms in total. The number of aromatic hydroxyl groups is 1. The Morgan fingerprint density at radius 3 is 2.67 bits per heavy atom. The average molecular weight is 306 g/mol. The van der Waals surface area contributed by atoms with Crippen LogP contribution in [0.15, 0.2) is 46.2 Å². The largest absolute Gasteiger partial charge is 0.508 e. The molecule has 2 N–H and O–H groups in total. The Balaban J connectivity index is 1.94. The Morgan fingerprint density at radius 1 is 1.14 bits per heavy atom. The zero-order valence-electron chi connectivity index (χ0n) is 11.1. The van der Waals surface area contributed by atoms with E-state index in [2.05, 4.69) is 4.98 Å². The van der Waals surface area contributed by atoms with Gasteiger partial charge >= 0.3 is 0 Å². The number of nitrogens with zero attached hydrogens (tertiary/aromatic N) is 1. The van der Waals surface area contributed by atoms with Gasteiger partial charge in [-0.05, 0) is 35.7 Å². The highest BCUT2D eigenvalue weighted by Crippen LogP contribution is 2.26. The van der Waals surface area contributed by atoms with E-state index in [4.69, 9.17) is 0 Å². The number of sulfonamides is 1. The van der Waals surface area contributed by atoms with E-state index in [9.17, 15) is 18.3 Å². The van der Waals surface area contributed by atoms with Crippen LogP contribution in [-0.2, 0) is 23.0 Å². The third-order valence-electron chi connectivity index (χ3n) is 3.56. The molecule has 0 saturated carbocycles. The molecule has 2 heterocycles. The van der Waals surface area contributed by atoms with E-state index in [1.165, 1.54) is 22.6 Å². The minimum atomic E-state index is -3.65. The van der Waals surface area contributed by atoms with Crippen LogP contribution in [0.4, 0.5) is 0 Å². The van der Waals surface area contributed by atoms with E-state index in [0.29, 0.717) is 13.0 Å². The summed E-state index contributed by atoms with van der Waals surface area (Å²) in [6.45, 7) is 0.588. The topological polar surface area (TPSA) is 90.5 Å². The molecule has 0 fully saturated rings. The molecule has 0 aliphatic carbocycles. The van der Waals surface area contributed by atoms with Crippen LogP contribution in [0.3, 0.4) is 0 Å².